The summed E-state index contributed by atoms with van der Waals surface area (Å²) >= 11 is 0. The van der Waals surface area contributed by atoms with Crippen molar-refractivity contribution >= 4 is 11.9 Å². The third kappa shape index (κ3) is 3.77. The monoisotopic (exact) mass is 243 g/mol. The number of likely N-dealkylation sites (tertiary alicyclic amines) is 1. The van der Waals surface area contributed by atoms with E-state index in [2.05, 4.69) is 10.5 Å². The van der Waals surface area contributed by atoms with Gasteiger partial charge in [-0.25, -0.2) is 10.6 Å². The van der Waals surface area contributed by atoms with E-state index in [1.165, 1.54) is 0 Å². The van der Waals surface area contributed by atoms with Gasteiger partial charge in [-0.1, -0.05) is 0 Å². The average Bonchev–Trinajstić information content (AvgIpc) is 2.66. The Balaban J connectivity index is 2.53. The molecule has 1 heterocycles. The summed E-state index contributed by atoms with van der Waals surface area (Å²) in [7, 11) is 0. The van der Waals surface area contributed by atoms with Crippen LogP contribution in [0.5, 0.6) is 0 Å². The highest BCUT2D eigenvalue weighted by molar-refractivity contribution is 5.85. The van der Waals surface area contributed by atoms with Crippen molar-refractivity contribution in [2.24, 2.45) is 22.7 Å². The number of nitrogens with two attached hydrogens (primary N) is 2. The minimum absolute atomic E-state index is 0.0533. The number of hydrogen-bond acceptors (Lipinski definition) is 5. The number of ether oxygens (including phenoxy) is 1. The molecule has 1 unspecified atom stereocenters. The lowest BCUT2D eigenvalue weighted by Crippen LogP contribution is -2.40. The Morgan fingerprint density at radius 2 is 2.18 bits per heavy atom. The highest BCUT2D eigenvalue weighted by Gasteiger charge is 2.32. The molecule has 98 valence electrons. The van der Waals surface area contributed by atoms with Gasteiger partial charge in [0.1, 0.15) is 11.4 Å². The number of carbonyl (C=O) groups is 1. The number of hydrogen-bond donors (Lipinski definition) is 3. The number of amides is 1. The van der Waals surface area contributed by atoms with Crippen molar-refractivity contribution in [1.29, 1.82) is 0 Å². The van der Waals surface area contributed by atoms with Crippen molar-refractivity contribution in [3.05, 3.63) is 0 Å². The van der Waals surface area contributed by atoms with E-state index in [1.54, 1.807) is 4.90 Å². The smallest absolute Gasteiger partial charge is 0.410 e. The molecule has 17 heavy (non-hydrogen) atoms. The van der Waals surface area contributed by atoms with Crippen molar-refractivity contribution in [3.8, 4) is 0 Å². The number of rotatable bonds is 1. The molecule has 1 amide bonds. The Morgan fingerprint density at radius 1 is 1.53 bits per heavy atom. The largest absolute Gasteiger partial charge is 0.444 e. The highest BCUT2D eigenvalue weighted by atomic mass is 16.6. The van der Waals surface area contributed by atoms with Crippen LogP contribution in [0.4, 0.5) is 4.79 Å². The van der Waals surface area contributed by atoms with E-state index >= 15 is 0 Å². The summed E-state index contributed by atoms with van der Waals surface area (Å²) in [4.78, 5) is 13.4. The Bertz CT molecular complexity index is 310. The molecule has 0 aromatic heterocycles. The molecule has 7 heteroatoms. The molecule has 1 aliphatic rings. The zero-order chi connectivity index (χ0) is 13.1. The van der Waals surface area contributed by atoms with E-state index in [-0.39, 0.29) is 12.0 Å². The maximum atomic E-state index is 11.8. The van der Waals surface area contributed by atoms with Gasteiger partial charge in [0.05, 0.1) is 0 Å². The second kappa shape index (κ2) is 5.22. The summed E-state index contributed by atoms with van der Waals surface area (Å²) in [5.74, 6) is 11.1. The van der Waals surface area contributed by atoms with E-state index in [1.807, 2.05) is 20.8 Å². The molecule has 1 saturated heterocycles. The minimum atomic E-state index is -0.480. The van der Waals surface area contributed by atoms with Crippen LogP contribution in [0.3, 0.4) is 0 Å². The van der Waals surface area contributed by atoms with Crippen LogP contribution >= 0.6 is 0 Å². The van der Waals surface area contributed by atoms with Crippen molar-refractivity contribution in [2.45, 2.75) is 32.8 Å². The topological polar surface area (TPSA) is 106 Å². The fourth-order valence-electron chi connectivity index (χ4n) is 1.74. The Labute approximate surface area is 101 Å². The number of amidine groups is 1. The first-order chi connectivity index (χ1) is 7.87. The van der Waals surface area contributed by atoms with Gasteiger partial charge in [-0.05, 0) is 27.2 Å². The fraction of sp³-hybridized carbons (Fsp3) is 0.800. The third-order valence-electron chi connectivity index (χ3n) is 2.51. The molecule has 1 atom stereocenters. The van der Waals surface area contributed by atoms with E-state index in [0.29, 0.717) is 18.9 Å². The molecule has 5 N–H and O–H groups in total. The SMILES string of the molecule is CC(C)(C)OC(=O)N1CCC(/C(=N/N)NN)C1. The molecule has 1 fully saturated rings. The first-order valence-electron chi connectivity index (χ1n) is 5.59. The van der Waals surface area contributed by atoms with Crippen LogP contribution < -0.4 is 17.1 Å². The molecule has 0 aromatic rings. The Kier molecular flexibility index (Phi) is 4.17. The van der Waals surface area contributed by atoms with Crippen molar-refractivity contribution in [3.63, 3.8) is 0 Å². The number of nitrogens with one attached hydrogen (secondary N) is 1. The average molecular weight is 243 g/mol. The van der Waals surface area contributed by atoms with Crippen LogP contribution in [0.15, 0.2) is 5.10 Å². The first kappa shape index (κ1) is 13.6. The molecule has 1 rings (SSSR count). The van der Waals surface area contributed by atoms with Gasteiger partial charge >= 0.3 is 6.09 Å². The third-order valence-corrected chi connectivity index (χ3v) is 2.51. The van der Waals surface area contributed by atoms with E-state index < -0.39 is 5.60 Å². The lowest BCUT2D eigenvalue weighted by Gasteiger charge is -2.24. The normalized spacial score (nSPS) is 21.5. The maximum Gasteiger partial charge on any atom is 0.410 e. The number of hydrazine groups is 1. The van der Waals surface area contributed by atoms with Crippen LogP contribution in [0, 0.1) is 5.92 Å². The van der Waals surface area contributed by atoms with Crippen LogP contribution in [-0.4, -0.2) is 35.5 Å². The van der Waals surface area contributed by atoms with Crippen molar-refractivity contribution in [2.75, 3.05) is 13.1 Å². The number of nitrogens with zero attached hydrogens (tertiary/aromatic N) is 2. The standard InChI is InChI=1S/C10H21N5O2/c1-10(2,3)17-9(16)15-5-4-7(6-15)8(13-11)14-12/h7H,4-6,11-12H2,1-3H3,(H,13,14). The number of hydrazone groups is 1. The predicted octanol–water partition coefficient (Wildman–Crippen LogP) is -0.0211. The molecule has 0 spiro atoms. The van der Waals surface area contributed by atoms with Gasteiger partial charge in [-0.2, -0.15) is 5.10 Å². The maximum absolute atomic E-state index is 11.8. The Morgan fingerprint density at radius 3 is 2.65 bits per heavy atom. The van der Waals surface area contributed by atoms with E-state index in [4.69, 9.17) is 16.4 Å². The van der Waals surface area contributed by atoms with Crippen LogP contribution in [0.25, 0.3) is 0 Å². The molecular weight excluding hydrogens is 222 g/mol. The first-order valence-corrected chi connectivity index (χ1v) is 5.59. The van der Waals surface area contributed by atoms with Gasteiger partial charge in [0.25, 0.3) is 0 Å². The second-order valence-electron chi connectivity index (χ2n) is 5.07. The van der Waals surface area contributed by atoms with Crippen LogP contribution in [-0.2, 0) is 4.74 Å². The lowest BCUT2D eigenvalue weighted by atomic mass is 10.1. The Hall–Kier alpha value is -1.50. The molecule has 0 aromatic carbocycles. The van der Waals surface area contributed by atoms with Crippen LogP contribution in [0.2, 0.25) is 0 Å². The summed E-state index contributed by atoms with van der Waals surface area (Å²) in [5, 5.41) is 3.56. The van der Waals surface area contributed by atoms with E-state index in [0.717, 1.165) is 6.42 Å². The summed E-state index contributed by atoms with van der Waals surface area (Å²) in [6.45, 7) is 6.67. The zero-order valence-corrected chi connectivity index (χ0v) is 10.6. The predicted molar refractivity (Wildman–Crippen MR) is 64.9 cm³/mol. The van der Waals surface area contributed by atoms with Crippen molar-refractivity contribution < 1.29 is 9.53 Å². The quantitative estimate of drug-likeness (QED) is 0.260. The van der Waals surface area contributed by atoms with Crippen molar-refractivity contribution in [1.82, 2.24) is 10.3 Å². The number of carbonyl (C=O) groups excluding carboxylic acids is 1. The van der Waals surface area contributed by atoms with E-state index in [9.17, 15) is 4.79 Å². The van der Waals surface area contributed by atoms with Gasteiger partial charge in [0.15, 0.2) is 0 Å². The summed E-state index contributed by atoms with van der Waals surface area (Å²) in [6.07, 6.45) is 0.466. The summed E-state index contributed by atoms with van der Waals surface area (Å²) in [5.41, 5.74) is 1.97. The lowest BCUT2D eigenvalue weighted by molar-refractivity contribution is 0.0292. The molecule has 0 aliphatic carbocycles. The fourth-order valence-corrected chi connectivity index (χ4v) is 1.74. The molecular formula is C10H21N5O2. The molecule has 0 saturated carbocycles. The summed E-state index contributed by atoms with van der Waals surface area (Å²) in [6, 6.07) is 0. The summed E-state index contributed by atoms with van der Waals surface area (Å²) < 4.78 is 5.28. The highest BCUT2D eigenvalue weighted by Crippen LogP contribution is 2.19. The second-order valence-corrected chi connectivity index (χ2v) is 5.07. The molecule has 1 aliphatic heterocycles. The molecule has 0 radical (unpaired) electrons. The minimum Gasteiger partial charge on any atom is -0.444 e. The zero-order valence-electron chi connectivity index (χ0n) is 10.6. The van der Waals surface area contributed by atoms with Gasteiger partial charge in [-0.15, -0.1) is 0 Å². The molecule has 7 nitrogen and oxygen atoms in total. The van der Waals surface area contributed by atoms with Gasteiger partial charge in [0, 0.05) is 19.0 Å². The van der Waals surface area contributed by atoms with Gasteiger partial charge in [0.2, 0.25) is 0 Å². The van der Waals surface area contributed by atoms with Gasteiger partial charge in [-0.3, -0.25) is 0 Å². The van der Waals surface area contributed by atoms with Gasteiger partial charge < -0.3 is 20.9 Å². The molecule has 0 bridgehead atoms. The van der Waals surface area contributed by atoms with Crippen LogP contribution in [0.1, 0.15) is 27.2 Å².